The highest BCUT2D eigenvalue weighted by atomic mass is 35.5. The van der Waals surface area contributed by atoms with E-state index in [9.17, 15) is 4.39 Å². The highest BCUT2D eigenvalue weighted by Gasteiger charge is 2.07. The number of rotatable bonds is 1. The highest BCUT2D eigenvalue weighted by Crippen LogP contribution is 2.23. The Labute approximate surface area is 95.7 Å². The largest absolute Gasteiger partial charge is 0.251 e. The van der Waals surface area contributed by atoms with Crippen LogP contribution in [0.3, 0.4) is 0 Å². The molecule has 0 unspecified atom stereocenters. The molecule has 5 heteroatoms. The summed E-state index contributed by atoms with van der Waals surface area (Å²) in [6.45, 7) is 0. The molecule has 0 N–H and O–H groups in total. The standard InChI is InChI=1S/C10H5Cl2FN2/c11-6-1-2-7(8(13)3-6)9-4-15-10(12)5-14-9/h1-5H. The lowest BCUT2D eigenvalue weighted by Gasteiger charge is -2.02. The predicted molar refractivity (Wildman–Crippen MR) is 57.4 cm³/mol. The molecule has 15 heavy (non-hydrogen) atoms. The normalized spacial score (nSPS) is 10.3. The summed E-state index contributed by atoms with van der Waals surface area (Å²) < 4.78 is 13.5. The van der Waals surface area contributed by atoms with Gasteiger partial charge in [0.1, 0.15) is 11.0 Å². The van der Waals surface area contributed by atoms with Gasteiger partial charge in [0.2, 0.25) is 0 Å². The van der Waals surface area contributed by atoms with Gasteiger partial charge in [-0.25, -0.2) is 9.37 Å². The van der Waals surface area contributed by atoms with Crippen LogP contribution in [0.2, 0.25) is 10.2 Å². The maximum Gasteiger partial charge on any atom is 0.147 e. The van der Waals surface area contributed by atoms with E-state index >= 15 is 0 Å². The summed E-state index contributed by atoms with van der Waals surface area (Å²) in [5, 5.41) is 0.617. The lowest BCUT2D eigenvalue weighted by atomic mass is 10.1. The molecule has 1 aromatic carbocycles. The molecule has 2 rings (SSSR count). The molecule has 0 aliphatic heterocycles. The molecule has 0 spiro atoms. The molecule has 0 aliphatic rings. The number of aromatic nitrogens is 2. The third-order valence-electron chi connectivity index (χ3n) is 1.83. The van der Waals surface area contributed by atoms with Crippen molar-refractivity contribution in [3.8, 4) is 11.3 Å². The van der Waals surface area contributed by atoms with Gasteiger partial charge >= 0.3 is 0 Å². The van der Waals surface area contributed by atoms with E-state index in [0.717, 1.165) is 0 Å². The molecule has 1 aromatic heterocycles. The van der Waals surface area contributed by atoms with Gasteiger partial charge in [0.15, 0.2) is 0 Å². The maximum atomic E-state index is 13.5. The molecule has 2 aromatic rings. The minimum Gasteiger partial charge on any atom is -0.251 e. The molecule has 0 amide bonds. The van der Waals surface area contributed by atoms with Crippen molar-refractivity contribution in [3.63, 3.8) is 0 Å². The second-order valence-electron chi connectivity index (χ2n) is 2.85. The number of halogens is 3. The monoisotopic (exact) mass is 242 g/mol. The van der Waals surface area contributed by atoms with Crippen molar-refractivity contribution >= 4 is 23.2 Å². The van der Waals surface area contributed by atoms with Crippen LogP contribution in [0.25, 0.3) is 11.3 Å². The maximum absolute atomic E-state index is 13.5. The molecule has 76 valence electrons. The zero-order valence-electron chi connectivity index (χ0n) is 7.42. The number of hydrogen-bond donors (Lipinski definition) is 0. The first-order valence-corrected chi connectivity index (χ1v) is 4.85. The second-order valence-corrected chi connectivity index (χ2v) is 3.67. The van der Waals surface area contributed by atoms with E-state index in [2.05, 4.69) is 9.97 Å². The third kappa shape index (κ3) is 2.25. The van der Waals surface area contributed by atoms with Gasteiger partial charge in [-0.1, -0.05) is 23.2 Å². The molecule has 0 fully saturated rings. The first kappa shape index (κ1) is 10.3. The zero-order chi connectivity index (χ0) is 10.8. The molecule has 0 saturated carbocycles. The minimum absolute atomic E-state index is 0.271. The average molecular weight is 243 g/mol. The quantitative estimate of drug-likeness (QED) is 0.764. The Balaban J connectivity index is 2.49. The minimum atomic E-state index is -0.431. The summed E-state index contributed by atoms with van der Waals surface area (Å²) in [6, 6.07) is 4.37. The van der Waals surface area contributed by atoms with Gasteiger partial charge in [-0.05, 0) is 18.2 Å². The van der Waals surface area contributed by atoms with Crippen LogP contribution in [-0.4, -0.2) is 9.97 Å². The van der Waals surface area contributed by atoms with Crippen LogP contribution in [0.5, 0.6) is 0 Å². The summed E-state index contributed by atoms with van der Waals surface area (Å²) in [4.78, 5) is 7.78. The van der Waals surface area contributed by atoms with Crippen molar-refractivity contribution < 1.29 is 4.39 Å². The van der Waals surface area contributed by atoms with Crippen LogP contribution >= 0.6 is 23.2 Å². The van der Waals surface area contributed by atoms with Gasteiger partial charge < -0.3 is 0 Å². The topological polar surface area (TPSA) is 25.8 Å². The van der Waals surface area contributed by atoms with E-state index in [0.29, 0.717) is 16.3 Å². The number of hydrogen-bond acceptors (Lipinski definition) is 2. The van der Waals surface area contributed by atoms with Crippen molar-refractivity contribution in [2.24, 2.45) is 0 Å². The van der Waals surface area contributed by atoms with Gasteiger partial charge in [-0.15, -0.1) is 0 Å². The van der Waals surface area contributed by atoms with Gasteiger partial charge in [0.25, 0.3) is 0 Å². The van der Waals surface area contributed by atoms with Crippen molar-refractivity contribution in [1.82, 2.24) is 9.97 Å². The van der Waals surface area contributed by atoms with Crippen molar-refractivity contribution in [2.75, 3.05) is 0 Å². The second kappa shape index (κ2) is 4.13. The van der Waals surface area contributed by atoms with E-state index in [1.54, 1.807) is 12.1 Å². The molecule has 0 radical (unpaired) electrons. The van der Waals surface area contributed by atoms with E-state index in [4.69, 9.17) is 23.2 Å². The van der Waals surface area contributed by atoms with E-state index in [1.807, 2.05) is 0 Å². The Hall–Kier alpha value is -1.19. The van der Waals surface area contributed by atoms with Crippen LogP contribution in [-0.2, 0) is 0 Å². The Morgan fingerprint density at radius 1 is 1.07 bits per heavy atom. The average Bonchev–Trinajstić information content (AvgIpc) is 2.20. The van der Waals surface area contributed by atoms with E-state index < -0.39 is 5.82 Å². The first-order chi connectivity index (χ1) is 7.16. The fraction of sp³-hybridized carbons (Fsp3) is 0. The highest BCUT2D eigenvalue weighted by molar-refractivity contribution is 6.30. The van der Waals surface area contributed by atoms with Crippen molar-refractivity contribution in [1.29, 1.82) is 0 Å². The Morgan fingerprint density at radius 3 is 2.47 bits per heavy atom. The number of nitrogens with zero attached hydrogens (tertiary/aromatic N) is 2. The molecule has 0 aliphatic carbocycles. The fourth-order valence-corrected chi connectivity index (χ4v) is 1.40. The van der Waals surface area contributed by atoms with E-state index in [1.165, 1.54) is 18.5 Å². The van der Waals surface area contributed by atoms with Crippen LogP contribution in [0.15, 0.2) is 30.6 Å². The van der Waals surface area contributed by atoms with Gasteiger partial charge in [-0.3, -0.25) is 4.98 Å². The summed E-state index contributed by atoms with van der Waals surface area (Å²) >= 11 is 11.2. The van der Waals surface area contributed by atoms with Crippen molar-refractivity contribution in [2.45, 2.75) is 0 Å². The Bertz CT molecular complexity index is 485. The lowest BCUT2D eigenvalue weighted by Crippen LogP contribution is -1.89. The lowest BCUT2D eigenvalue weighted by molar-refractivity contribution is 0.630. The zero-order valence-corrected chi connectivity index (χ0v) is 8.93. The molecule has 0 bridgehead atoms. The van der Waals surface area contributed by atoms with E-state index in [-0.39, 0.29) is 5.15 Å². The third-order valence-corrected chi connectivity index (χ3v) is 2.26. The first-order valence-electron chi connectivity index (χ1n) is 4.10. The molecule has 0 saturated heterocycles. The molecule has 1 heterocycles. The summed E-state index contributed by atoms with van der Waals surface area (Å²) in [7, 11) is 0. The Morgan fingerprint density at radius 2 is 1.87 bits per heavy atom. The smallest absolute Gasteiger partial charge is 0.147 e. The SMILES string of the molecule is Fc1cc(Cl)ccc1-c1cnc(Cl)cn1. The van der Waals surface area contributed by atoms with Gasteiger partial charge in [0, 0.05) is 10.6 Å². The number of benzene rings is 1. The predicted octanol–water partition coefficient (Wildman–Crippen LogP) is 3.59. The van der Waals surface area contributed by atoms with Crippen LogP contribution in [0, 0.1) is 5.82 Å². The summed E-state index contributed by atoms with van der Waals surface area (Å²) in [6.07, 6.45) is 2.78. The molecular weight excluding hydrogens is 238 g/mol. The van der Waals surface area contributed by atoms with Crippen LogP contribution in [0.1, 0.15) is 0 Å². The van der Waals surface area contributed by atoms with Gasteiger partial charge in [-0.2, -0.15) is 0 Å². The molecular formula is C10H5Cl2FN2. The Kier molecular flexibility index (Phi) is 2.84. The van der Waals surface area contributed by atoms with Crippen molar-refractivity contribution in [3.05, 3.63) is 46.6 Å². The molecule has 2 nitrogen and oxygen atoms in total. The fourth-order valence-electron chi connectivity index (χ4n) is 1.15. The van der Waals surface area contributed by atoms with Gasteiger partial charge in [0.05, 0.1) is 18.1 Å². The summed E-state index contributed by atoms with van der Waals surface area (Å²) in [5.74, 6) is -0.431. The van der Waals surface area contributed by atoms with Crippen LogP contribution in [0.4, 0.5) is 4.39 Å². The van der Waals surface area contributed by atoms with Crippen LogP contribution < -0.4 is 0 Å². The summed E-state index contributed by atoms with van der Waals surface area (Å²) in [5.41, 5.74) is 0.775. The molecule has 0 atom stereocenters.